The Hall–Kier alpha value is -0.590. The fraction of sp³-hybridized carbons (Fsp3) is 0.571. The lowest BCUT2D eigenvalue weighted by Crippen LogP contribution is -2.30. The van der Waals surface area contributed by atoms with Crippen molar-refractivity contribution >= 4 is 31.6 Å². The van der Waals surface area contributed by atoms with Crippen LogP contribution in [0, 0.1) is 5.92 Å². The SMILES string of the molecule is CC(C)CNS(=O)(=O)c1c(N)c(Br)cc2c1CCCC2. The lowest BCUT2D eigenvalue weighted by atomic mass is 9.91. The summed E-state index contributed by atoms with van der Waals surface area (Å²) < 4.78 is 28.5. The van der Waals surface area contributed by atoms with E-state index in [-0.39, 0.29) is 10.8 Å². The number of halogens is 1. The second-order valence-corrected chi connectivity index (χ2v) is 8.25. The van der Waals surface area contributed by atoms with Gasteiger partial charge in [0.2, 0.25) is 10.0 Å². The molecule has 1 aliphatic carbocycles. The van der Waals surface area contributed by atoms with E-state index in [0.29, 0.717) is 16.7 Å². The van der Waals surface area contributed by atoms with Gasteiger partial charge in [-0.15, -0.1) is 0 Å². The van der Waals surface area contributed by atoms with Crippen LogP contribution in [-0.4, -0.2) is 15.0 Å². The van der Waals surface area contributed by atoms with Crippen LogP contribution in [0.2, 0.25) is 0 Å². The maximum Gasteiger partial charge on any atom is 0.242 e. The van der Waals surface area contributed by atoms with Crippen molar-refractivity contribution in [3.8, 4) is 0 Å². The molecule has 2 rings (SSSR count). The number of nitrogen functional groups attached to an aromatic ring is 1. The first-order valence-corrected chi connectivity index (χ1v) is 9.20. The predicted molar refractivity (Wildman–Crippen MR) is 85.2 cm³/mol. The molecule has 0 aliphatic heterocycles. The minimum atomic E-state index is -3.55. The second-order valence-electron chi connectivity index (χ2n) is 5.69. The van der Waals surface area contributed by atoms with Crippen LogP contribution in [0.15, 0.2) is 15.4 Å². The van der Waals surface area contributed by atoms with E-state index in [1.54, 1.807) is 0 Å². The summed E-state index contributed by atoms with van der Waals surface area (Å²) in [5.41, 5.74) is 8.35. The van der Waals surface area contributed by atoms with Crippen molar-refractivity contribution in [3.63, 3.8) is 0 Å². The van der Waals surface area contributed by atoms with Gasteiger partial charge in [0.05, 0.1) is 5.69 Å². The first kappa shape index (κ1) is 15.8. The van der Waals surface area contributed by atoms with Crippen LogP contribution in [0.4, 0.5) is 5.69 Å². The Kier molecular flexibility index (Phi) is 4.76. The van der Waals surface area contributed by atoms with Gasteiger partial charge in [0.25, 0.3) is 0 Å². The van der Waals surface area contributed by atoms with Crippen LogP contribution in [-0.2, 0) is 22.9 Å². The van der Waals surface area contributed by atoms with Crippen LogP contribution in [0.5, 0.6) is 0 Å². The lowest BCUT2D eigenvalue weighted by molar-refractivity contribution is 0.557. The smallest absolute Gasteiger partial charge is 0.242 e. The molecule has 1 aromatic rings. The summed E-state index contributed by atoms with van der Waals surface area (Å²) in [6.45, 7) is 4.37. The Morgan fingerprint density at radius 1 is 1.35 bits per heavy atom. The van der Waals surface area contributed by atoms with Crippen molar-refractivity contribution in [1.29, 1.82) is 0 Å². The number of hydrogen-bond acceptors (Lipinski definition) is 3. The quantitative estimate of drug-likeness (QED) is 0.810. The normalized spacial score (nSPS) is 15.4. The fourth-order valence-corrected chi connectivity index (χ4v) is 4.76. The monoisotopic (exact) mass is 360 g/mol. The average Bonchev–Trinajstić information content (AvgIpc) is 2.37. The number of nitrogens with two attached hydrogens (primary N) is 1. The van der Waals surface area contributed by atoms with E-state index >= 15 is 0 Å². The fourth-order valence-electron chi connectivity index (χ4n) is 2.50. The summed E-state index contributed by atoms with van der Waals surface area (Å²) in [4.78, 5) is 0.280. The molecule has 20 heavy (non-hydrogen) atoms. The molecular formula is C14H21BrN2O2S. The number of anilines is 1. The summed E-state index contributed by atoms with van der Waals surface area (Å²) in [7, 11) is -3.55. The number of rotatable bonds is 4. The highest BCUT2D eigenvalue weighted by atomic mass is 79.9. The molecule has 3 N–H and O–H groups in total. The summed E-state index contributed by atoms with van der Waals surface area (Å²) >= 11 is 3.38. The number of nitrogens with one attached hydrogen (secondary N) is 1. The van der Waals surface area contributed by atoms with Gasteiger partial charge in [-0.05, 0) is 64.7 Å². The standard InChI is InChI=1S/C14H21BrN2O2S/c1-9(2)8-17-20(18,19)14-11-6-4-3-5-10(11)7-12(15)13(14)16/h7,9,17H,3-6,8,16H2,1-2H3. The van der Waals surface area contributed by atoms with Gasteiger partial charge in [-0.3, -0.25) is 0 Å². The number of hydrogen-bond donors (Lipinski definition) is 2. The zero-order valence-corrected chi connectivity index (χ0v) is 14.3. The Bertz CT molecular complexity index is 612. The Labute approximate surface area is 129 Å². The summed E-state index contributed by atoms with van der Waals surface area (Å²) in [5, 5.41) is 0. The van der Waals surface area contributed by atoms with Gasteiger partial charge in [0.1, 0.15) is 4.90 Å². The number of benzene rings is 1. The van der Waals surface area contributed by atoms with Crippen molar-refractivity contribution in [2.75, 3.05) is 12.3 Å². The Morgan fingerprint density at radius 2 is 2.00 bits per heavy atom. The molecule has 0 spiro atoms. The third-order valence-electron chi connectivity index (χ3n) is 3.54. The van der Waals surface area contributed by atoms with Gasteiger partial charge in [0.15, 0.2) is 0 Å². The highest BCUT2D eigenvalue weighted by Crippen LogP contribution is 2.36. The van der Waals surface area contributed by atoms with E-state index in [1.165, 1.54) is 0 Å². The van der Waals surface area contributed by atoms with E-state index in [0.717, 1.165) is 36.8 Å². The highest BCUT2D eigenvalue weighted by molar-refractivity contribution is 9.10. The van der Waals surface area contributed by atoms with Gasteiger partial charge in [-0.1, -0.05) is 13.8 Å². The zero-order valence-electron chi connectivity index (χ0n) is 11.9. The molecule has 0 saturated heterocycles. The molecular weight excluding hydrogens is 340 g/mol. The Balaban J connectivity index is 2.52. The van der Waals surface area contributed by atoms with E-state index in [1.807, 2.05) is 19.9 Å². The number of sulfonamides is 1. The molecule has 0 radical (unpaired) electrons. The molecule has 0 atom stereocenters. The van der Waals surface area contributed by atoms with Crippen LogP contribution >= 0.6 is 15.9 Å². The third kappa shape index (κ3) is 3.18. The minimum absolute atomic E-state index is 0.258. The minimum Gasteiger partial charge on any atom is -0.397 e. The van der Waals surface area contributed by atoms with Crippen molar-refractivity contribution in [1.82, 2.24) is 4.72 Å². The van der Waals surface area contributed by atoms with Gasteiger partial charge in [-0.25, -0.2) is 13.1 Å². The first-order valence-electron chi connectivity index (χ1n) is 6.92. The van der Waals surface area contributed by atoms with Crippen LogP contribution < -0.4 is 10.5 Å². The van der Waals surface area contributed by atoms with Crippen LogP contribution in [0.1, 0.15) is 37.8 Å². The summed E-state index contributed by atoms with van der Waals surface area (Å²) in [5.74, 6) is 0.258. The number of aryl methyl sites for hydroxylation is 1. The van der Waals surface area contributed by atoms with Gasteiger partial charge >= 0.3 is 0 Å². The molecule has 1 aromatic carbocycles. The van der Waals surface area contributed by atoms with Gasteiger partial charge < -0.3 is 5.73 Å². The second kappa shape index (κ2) is 6.03. The van der Waals surface area contributed by atoms with Crippen molar-refractivity contribution < 1.29 is 8.42 Å². The molecule has 112 valence electrons. The van der Waals surface area contributed by atoms with Crippen molar-refractivity contribution in [2.45, 2.75) is 44.4 Å². The van der Waals surface area contributed by atoms with Gasteiger partial charge in [0, 0.05) is 11.0 Å². The number of fused-ring (bicyclic) bond motifs is 1. The molecule has 4 nitrogen and oxygen atoms in total. The maximum atomic E-state index is 12.6. The maximum absolute atomic E-state index is 12.6. The zero-order chi connectivity index (χ0) is 14.9. The third-order valence-corrected chi connectivity index (χ3v) is 5.74. The molecule has 1 aliphatic rings. The van der Waals surface area contributed by atoms with E-state index in [4.69, 9.17) is 5.73 Å². The molecule has 0 fully saturated rings. The van der Waals surface area contributed by atoms with Crippen molar-refractivity contribution in [2.24, 2.45) is 5.92 Å². The molecule has 0 saturated carbocycles. The molecule has 0 amide bonds. The average molecular weight is 361 g/mol. The topological polar surface area (TPSA) is 72.2 Å². The van der Waals surface area contributed by atoms with Crippen LogP contribution in [0.3, 0.4) is 0 Å². The Morgan fingerprint density at radius 3 is 2.65 bits per heavy atom. The molecule has 0 bridgehead atoms. The lowest BCUT2D eigenvalue weighted by Gasteiger charge is -2.22. The predicted octanol–water partition coefficient (Wildman–Crippen LogP) is 2.84. The van der Waals surface area contributed by atoms with E-state index in [2.05, 4.69) is 20.7 Å². The molecule has 6 heteroatoms. The largest absolute Gasteiger partial charge is 0.397 e. The summed E-state index contributed by atoms with van der Waals surface area (Å²) in [6, 6.07) is 1.96. The van der Waals surface area contributed by atoms with Crippen LogP contribution in [0.25, 0.3) is 0 Å². The first-order chi connectivity index (χ1) is 9.33. The molecule has 0 heterocycles. The summed E-state index contributed by atoms with van der Waals surface area (Å²) in [6.07, 6.45) is 3.81. The van der Waals surface area contributed by atoms with Gasteiger partial charge in [-0.2, -0.15) is 0 Å². The molecule has 0 aromatic heterocycles. The van der Waals surface area contributed by atoms with E-state index in [9.17, 15) is 8.42 Å². The molecule has 0 unspecified atom stereocenters. The van der Waals surface area contributed by atoms with E-state index < -0.39 is 10.0 Å². The highest BCUT2D eigenvalue weighted by Gasteiger charge is 2.27. The van der Waals surface area contributed by atoms with Crippen molar-refractivity contribution in [3.05, 3.63) is 21.7 Å².